The lowest BCUT2D eigenvalue weighted by Gasteiger charge is -2.22. The lowest BCUT2D eigenvalue weighted by molar-refractivity contribution is -0.117. The van der Waals surface area contributed by atoms with E-state index in [0.717, 1.165) is 12.8 Å². The zero-order valence-corrected chi connectivity index (χ0v) is 16.7. The highest BCUT2D eigenvalue weighted by atomic mass is 32.2. The molecular weight excluding hydrogens is 381 g/mol. The van der Waals surface area contributed by atoms with Gasteiger partial charge in [-0.2, -0.15) is 0 Å². The number of carbonyl (C=O) groups excluding carboxylic acids is 1. The van der Waals surface area contributed by atoms with E-state index in [0.29, 0.717) is 23.4 Å². The minimum absolute atomic E-state index is 0.112. The maximum atomic E-state index is 14.0. The zero-order chi connectivity index (χ0) is 20.3. The number of sulfonamides is 1. The second-order valence-electron chi connectivity index (χ2n) is 6.96. The van der Waals surface area contributed by atoms with Gasteiger partial charge in [0.1, 0.15) is 5.82 Å². The van der Waals surface area contributed by atoms with E-state index in [2.05, 4.69) is 10.0 Å². The van der Waals surface area contributed by atoms with Crippen LogP contribution >= 0.6 is 0 Å². The number of amides is 1. The van der Waals surface area contributed by atoms with Crippen molar-refractivity contribution < 1.29 is 17.6 Å². The van der Waals surface area contributed by atoms with Gasteiger partial charge in [0.15, 0.2) is 0 Å². The molecule has 1 amide bonds. The Labute approximate surface area is 164 Å². The predicted octanol–water partition coefficient (Wildman–Crippen LogP) is 2.65. The lowest BCUT2D eigenvalue weighted by atomic mass is 10.2. The fourth-order valence-electron chi connectivity index (χ4n) is 3.06. The number of anilines is 1. The average molecular weight is 405 g/mol. The van der Waals surface area contributed by atoms with E-state index in [1.54, 1.807) is 37.3 Å². The van der Waals surface area contributed by atoms with Crippen molar-refractivity contribution in [3.63, 3.8) is 0 Å². The fourth-order valence-corrected chi connectivity index (χ4v) is 4.06. The highest BCUT2D eigenvalue weighted by Gasteiger charge is 2.30. The SMILES string of the molecule is CNS(=O)(=O)c1cc(NC(=O)CN(Cc2ccccc2F)C2CC2)ccc1C. The number of hydrogen-bond acceptors (Lipinski definition) is 4. The molecule has 0 aromatic heterocycles. The number of carbonyl (C=O) groups is 1. The van der Waals surface area contributed by atoms with Crippen LogP contribution in [-0.2, 0) is 21.4 Å². The van der Waals surface area contributed by atoms with Gasteiger partial charge in [0.05, 0.1) is 11.4 Å². The largest absolute Gasteiger partial charge is 0.325 e. The van der Waals surface area contributed by atoms with Crippen molar-refractivity contribution in [1.82, 2.24) is 9.62 Å². The molecule has 6 nitrogen and oxygen atoms in total. The fraction of sp³-hybridized carbons (Fsp3) is 0.350. The summed E-state index contributed by atoms with van der Waals surface area (Å²) in [5.41, 5.74) is 1.55. The second-order valence-corrected chi connectivity index (χ2v) is 8.82. The molecule has 2 N–H and O–H groups in total. The molecule has 0 saturated heterocycles. The monoisotopic (exact) mass is 405 g/mol. The maximum Gasteiger partial charge on any atom is 0.240 e. The van der Waals surface area contributed by atoms with Crippen molar-refractivity contribution in [1.29, 1.82) is 0 Å². The van der Waals surface area contributed by atoms with Crippen LogP contribution in [0.1, 0.15) is 24.0 Å². The Morgan fingerprint density at radius 3 is 2.57 bits per heavy atom. The number of halogens is 1. The first-order chi connectivity index (χ1) is 13.3. The van der Waals surface area contributed by atoms with E-state index in [1.807, 2.05) is 4.90 Å². The first kappa shape index (κ1) is 20.4. The molecule has 0 radical (unpaired) electrons. The number of hydrogen-bond donors (Lipinski definition) is 2. The van der Waals surface area contributed by atoms with Crippen LogP contribution in [0.2, 0.25) is 0 Å². The van der Waals surface area contributed by atoms with Crippen LogP contribution in [0.3, 0.4) is 0 Å². The molecule has 0 heterocycles. The molecule has 0 unspecified atom stereocenters. The van der Waals surface area contributed by atoms with Crippen LogP contribution in [-0.4, -0.2) is 38.9 Å². The van der Waals surface area contributed by atoms with Gasteiger partial charge in [-0.25, -0.2) is 17.5 Å². The van der Waals surface area contributed by atoms with Crippen LogP contribution < -0.4 is 10.0 Å². The molecule has 28 heavy (non-hydrogen) atoms. The molecule has 150 valence electrons. The predicted molar refractivity (Wildman–Crippen MR) is 106 cm³/mol. The minimum atomic E-state index is -3.61. The van der Waals surface area contributed by atoms with E-state index in [1.165, 1.54) is 19.2 Å². The maximum absolute atomic E-state index is 14.0. The Kier molecular flexibility index (Phi) is 6.12. The Balaban J connectivity index is 1.70. The Bertz CT molecular complexity index is 974. The minimum Gasteiger partial charge on any atom is -0.325 e. The van der Waals surface area contributed by atoms with Crippen molar-refractivity contribution in [3.8, 4) is 0 Å². The van der Waals surface area contributed by atoms with Crippen LogP contribution in [0, 0.1) is 12.7 Å². The summed E-state index contributed by atoms with van der Waals surface area (Å²) >= 11 is 0. The molecule has 0 aliphatic heterocycles. The van der Waals surface area contributed by atoms with Crippen molar-refractivity contribution in [2.24, 2.45) is 0 Å². The third-order valence-corrected chi connectivity index (χ3v) is 6.33. The van der Waals surface area contributed by atoms with Gasteiger partial charge in [-0.3, -0.25) is 9.69 Å². The van der Waals surface area contributed by atoms with Crippen molar-refractivity contribution in [2.45, 2.75) is 37.2 Å². The van der Waals surface area contributed by atoms with Crippen LogP contribution in [0.25, 0.3) is 0 Å². The molecule has 1 saturated carbocycles. The molecule has 1 fully saturated rings. The quantitative estimate of drug-likeness (QED) is 0.708. The van der Waals surface area contributed by atoms with Crippen LogP contribution in [0.5, 0.6) is 0 Å². The lowest BCUT2D eigenvalue weighted by Crippen LogP contribution is -2.34. The van der Waals surface area contributed by atoms with Crippen molar-refractivity contribution >= 4 is 21.6 Å². The third kappa shape index (κ3) is 4.95. The van der Waals surface area contributed by atoms with E-state index in [4.69, 9.17) is 0 Å². The normalized spacial score (nSPS) is 14.3. The summed E-state index contributed by atoms with van der Waals surface area (Å²) < 4.78 is 40.4. The van der Waals surface area contributed by atoms with E-state index in [-0.39, 0.29) is 29.2 Å². The van der Waals surface area contributed by atoms with Crippen molar-refractivity contribution in [3.05, 3.63) is 59.4 Å². The molecule has 0 spiro atoms. The number of benzene rings is 2. The second kappa shape index (κ2) is 8.38. The average Bonchev–Trinajstić information content (AvgIpc) is 3.49. The number of nitrogens with one attached hydrogen (secondary N) is 2. The van der Waals surface area contributed by atoms with Gasteiger partial charge in [-0.05, 0) is 50.6 Å². The Morgan fingerprint density at radius 2 is 1.93 bits per heavy atom. The summed E-state index contributed by atoms with van der Waals surface area (Å²) in [6, 6.07) is 11.6. The van der Waals surface area contributed by atoms with Gasteiger partial charge in [-0.15, -0.1) is 0 Å². The molecule has 0 bridgehead atoms. The summed E-state index contributed by atoms with van der Waals surface area (Å²) in [7, 11) is -2.27. The molecule has 2 aromatic carbocycles. The van der Waals surface area contributed by atoms with E-state index >= 15 is 0 Å². The molecule has 3 rings (SSSR count). The Hall–Kier alpha value is -2.29. The molecule has 1 aliphatic carbocycles. The summed E-state index contributed by atoms with van der Waals surface area (Å²) in [5.74, 6) is -0.547. The van der Waals surface area contributed by atoms with Gasteiger partial charge in [0.2, 0.25) is 15.9 Å². The van der Waals surface area contributed by atoms with Crippen molar-refractivity contribution in [2.75, 3.05) is 18.9 Å². The smallest absolute Gasteiger partial charge is 0.240 e. The molecular formula is C20H24FN3O3S. The number of nitrogens with zero attached hydrogens (tertiary/aromatic N) is 1. The van der Waals surface area contributed by atoms with E-state index in [9.17, 15) is 17.6 Å². The Morgan fingerprint density at radius 1 is 1.21 bits per heavy atom. The highest BCUT2D eigenvalue weighted by Crippen LogP contribution is 2.28. The highest BCUT2D eigenvalue weighted by molar-refractivity contribution is 7.89. The van der Waals surface area contributed by atoms with E-state index < -0.39 is 10.0 Å². The van der Waals surface area contributed by atoms with Gasteiger partial charge in [-0.1, -0.05) is 24.3 Å². The molecule has 8 heteroatoms. The third-order valence-electron chi connectivity index (χ3n) is 4.77. The first-order valence-electron chi connectivity index (χ1n) is 9.11. The molecule has 1 aliphatic rings. The van der Waals surface area contributed by atoms with Crippen LogP contribution in [0.15, 0.2) is 47.4 Å². The first-order valence-corrected chi connectivity index (χ1v) is 10.6. The number of aryl methyl sites for hydroxylation is 1. The standard InChI is InChI=1S/C20H24FN3O3S/c1-14-7-8-16(11-19(14)28(26,27)22-2)23-20(25)13-24(17-9-10-17)12-15-5-3-4-6-18(15)21/h3-8,11,17,22H,9-10,12-13H2,1-2H3,(H,23,25). The van der Waals surface area contributed by atoms with Gasteiger partial charge in [0, 0.05) is 23.8 Å². The van der Waals surface area contributed by atoms with Gasteiger partial charge < -0.3 is 5.32 Å². The summed E-state index contributed by atoms with van der Waals surface area (Å²) in [6.45, 7) is 2.16. The summed E-state index contributed by atoms with van der Waals surface area (Å²) in [5, 5.41) is 2.75. The van der Waals surface area contributed by atoms with Gasteiger partial charge >= 0.3 is 0 Å². The number of rotatable bonds is 8. The zero-order valence-electron chi connectivity index (χ0n) is 15.9. The molecule has 2 aromatic rings. The molecule has 0 atom stereocenters. The van der Waals surface area contributed by atoms with Gasteiger partial charge in [0.25, 0.3) is 0 Å². The van der Waals surface area contributed by atoms with Crippen LogP contribution in [0.4, 0.5) is 10.1 Å². The summed E-state index contributed by atoms with van der Waals surface area (Å²) in [4.78, 5) is 14.6. The summed E-state index contributed by atoms with van der Waals surface area (Å²) in [6.07, 6.45) is 1.97. The topological polar surface area (TPSA) is 78.5 Å².